The van der Waals surface area contributed by atoms with Crippen LogP contribution in [0.5, 0.6) is 0 Å². The molecule has 0 saturated carbocycles. The largest absolute Gasteiger partial charge is 0.417 e. The Kier molecular flexibility index (Phi) is 5.33. The number of aliphatic hydroxyl groups excluding tert-OH is 1. The van der Waals surface area contributed by atoms with Crippen LogP contribution in [0.3, 0.4) is 0 Å². The molecule has 1 N–H and O–H groups in total. The van der Waals surface area contributed by atoms with Gasteiger partial charge in [-0.2, -0.15) is 18.4 Å². The zero-order valence-corrected chi connectivity index (χ0v) is 16.9. The minimum Gasteiger partial charge on any atom is -0.396 e. The Morgan fingerprint density at radius 3 is 2.55 bits per heavy atom. The lowest BCUT2D eigenvalue weighted by Crippen LogP contribution is -2.54. The number of carbonyl (C=O) groups is 1. The number of nitrogens with zero attached hydrogens (tertiary/aromatic N) is 3. The smallest absolute Gasteiger partial charge is 0.396 e. The van der Waals surface area contributed by atoms with Crippen molar-refractivity contribution in [3.05, 3.63) is 29.3 Å². The van der Waals surface area contributed by atoms with Crippen LogP contribution in [0.4, 0.5) is 18.9 Å². The summed E-state index contributed by atoms with van der Waals surface area (Å²) in [6.07, 6.45) is -3.92. The molecule has 2 aliphatic heterocycles. The maximum atomic E-state index is 13.3. The Balaban J connectivity index is 1.88. The predicted molar refractivity (Wildman–Crippen MR) is 102 cm³/mol. The van der Waals surface area contributed by atoms with Gasteiger partial charge in [-0.05, 0) is 30.5 Å². The van der Waals surface area contributed by atoms with Gasteiger partial charge in [-0.15, -0.1) is 0 Å². The van der Waals surface area contributed by atoms with E-state index in [9.17, 15) is 23.1 Å². The molecule has 0 bridgehead atoms. The number of hydrogen-bond donors (Lipinski definition) is 1. The Bertz CT molecular complexity index is 841. The first-order valence-corrected chi connectivity index (χ1v) is 9.68. The zero-order chi connectivity index (χ0) is 21.6. The molecule has 29 heavy (non-hydrogen) atoms. The van der Waals surface area contributed by atoms with E-state index >= 15 is 0 Å². The maximum absolute atomic E-state index is 13.3. The summed E-state index contributed by atoms with van der Waals surface area (Å²) in [5, 5.41) is 19.2. The number of benzene rings is 1. The van der Waals surface area contributed by atoms with Gasteiger partial charge in [-0.3, -0.25) is 4.79 Å². The lowest BCUT2D eigenvalue weighted by Gasteiger charge is -2.44. The molecule has 1 aromatic carbocycles. The van der Waals surface area contributed by atoms with Crippen molar-refractivity contribution in [1.29, 1.82) is 5.26 Å². The number of anilines is 1. The van der Waals surface area contributed by atoms with Crippen LogP contribution in [0, 0.1) is 28.1 Å². The van der Waals surface area contributed by atoms with Gasteiger partial charge < -0.3 is 14.9 Å². The summed E-state index contributed by atoms with van der Waals surface area (Å²) in [5.74, 6) is 0.0986. The SMILES string of the molecule is CC(C)(C)C(=O)N1CCC2CN(c3ccc(C#N)c(C(F)(F)F)c3)CC2(CO)C1. The molecule has 0 spiro atoms. The molecule has 0 radical (unpaired) electrons. The Hall–Kier alpha value is -2.27. The molecule has 158 valence electrons. The van der Waals surface area contributed by atoms with Gasteiger partial charge in [0.2, 0.25) is 5.91 Å². The number of hydrogen-bond acceptors (Lipinski definition) is 4. The highest BCUT2D eigenvalue weighted by Crippen LogP contribution is 2.45. The summed E-state index contributed by atoms with van der Waals surface area (Å²) in [5.41, 5.74) is -2.07. The number of aliphatic hydroxyl groups is 1. The Labute approximate surface area is 168 Å². The molecule has 0 aliphatic carbocycles. The third kappa shape index (κ3) is 3.93. The fraction of sp³-hybridized carbons (Fsp3) is 0.619. The first-order chi connectivity index (χ1) is 13.4. The molecular formula is C21H26F3N3O2. The van der Waals surface area contributed by atoms with Crippen molar-refractivity contribution in [2.75, 3.05) is 37.7 Å². The van der Waals surface area contributed by atoms with Crippen molar-refractivity contribution >= 4 is 11.6 Å². The molecule has 2 aliphatic rings. The van der Waals surface area contributed by atoms with Gasteiger partial charge >= 0.3 is 6.18 Å². The molecule has 2 atom stereocenters. The number of rotatable bonds is 2. The normalized spacial score (nSPS) is 25.0. The van der Waals surface area contributed by atoms with Crippen LogP contribution >= 0.6 is 0 Å². The second kappa shape index (κ2) is 7.21. The molecule has 8 heteroatoms. The number of halogens is 3. The molecule has 2 heterocycles. The Morgan fingerprint density at radius 2 is 2.00 bits per heavy atom. The summed E-state index contributed by atoms with van der Waals surface area (Å²) in [7, 11) is 0. The van der Waals surface area contributed by atoms with Gasteiger partial charge in [0, 0.05) is 42.7 Å². The number of amides is 1. The number of alkyl halides is 3. The standard InChI is InChI=1S/C21H26F3N3O2/c1-19(2,3)18(29)26-7-6-15-10-27(12-20(15,11-26)13-28)16-5-4-14(9-25)17(8-16)21(22,23)24/h4-5,8,15,28H,6-7,10-13H2,1-3H3. The van der Waals surface area contributed by atoms with Gasteiger partial charge in [0.05, 0.1) is 23.8 Å². The van der Waals surface area contributed by atoms with Crippen molar-refractivity contribution in [1.82, 2.24) is 4.90 Å². The third-order valence-corrected chi connectivity index (χ3v) is 6.10. The third-order valence-electron chi connectivity index (χ3n) is 6.10. The maximum Gasteiger partial charge on any atom is 0.417 e. The average molecular weight is 409 g/mol. The molecule has 1 amide bonds. The lowest BCUT2D eigenvalue weighted by atomic mass is 9.73. The van der Waals surface area contributed by atoms with E-state index in [1.54, 1.807) is 11.0 Å². The van der Waals surface area contributed by atoms with Gasteiger partial charge in [0.1, 0.15) is 0 Å². The summed E-state index contributed by atoms with van der Waals surface area (Å²) >= 11 is 0. The van der Waals surface area contributed by atoms with E-state index in [1.165, 1.54) is 12.1 Å². The second-order valence-corrected chi connectivity index (χ2v) is 9.20. The van der Waals surface area contributed by atoms with Gasteiger partial charge in [-0.1, -0.05) is 20.8 Å². The van der Waals surface area contributed by atoms with Crippen molar-refractivity contribution < 1.29 is 23.1 Å². The summed E-state index contributed by atoms with van der Waals surface area (Å²) in [4.78, 5) is 16.3. The van der Waals surface area contributed by atoms with Gasteiger partial charge in [0.25, 0.3) is 0 Å². The van der Waals surface area contributed by atoms with Crippen LogP contribution in [0.1, 0.15) is 38.3 Å². The average Bonchev–Trinajstić information content (AvgIpc) is 3.04. The molecule has 2 unspecified atom stereocenters. The minimum atomic E-state index is -4.61. The van der Waals surface area contributed by atoms with E-state index in [0.29, 0.717) is 38.3 Å². The van der Waals surface area contributed by atoms with Crippen LogP contribution in [0.25, 0.3) is 0 Å². The second-order valence-electron chi connectivity index (χ2n) is 9.20. The summed E-state index contributed by atoms with van der Waals surface area (Å²) in [6.45, 7) is 7.27. The highest BCUT2D eigenvalue weighted by molar-refractivity contribution is 5.81. The van der Waals surface area contributed by atoms with Crippen LogP contribution in [-0.2, 0) is 11.0 Å². The van der Waals surface area contributed by atoms with Crippen LogP contribution < -0.4 is 4.90 Å². The van der Waals surface area contributed by atoms with E-state index in [-0.39, 0.29) is 18.4 Å². The number of nitriles is 1. The van der Waals surface area contributed by atoms with E-state index in [1.807, 2.05) is 25.7 Å². The molecule has 3 rings (SSSR count). The highest BCUT2D eigenvalue weighted by Gasteiger charge is 2.51. The minimum absolute atomic E-state index is 0.0138. The van der Waals surface area contributed by atoms with E-state index < -0.39 is 28.1 Å². The molecule has 1 aromatic rings. The molecule has 2 fully saturated rings. The van der Waals surface area contributed by atoms with Gasteiger partial charge in [-0.25, -0.2) is 0 Å². The quantitative estimate of drug-likeness (QED) is 0.814. The van der Waals surface area contributed by atoms with Crippen LogP contribution in [0.15, 0.2) is 18.2 Å². The number of piperidine rings is 1. The fourth-order valence-corrected chi connectivity index (χ4v) is 4.52. The number of carbonyl (C=O) groups excluding carboxylic acids is 1. The number of fused-ring (bicyclic) bond motifs is 1. The van der Waals surface area contributed by atoms with Gasteiger partial charge in [0.15, 0.2) is 0 Å². The van der Waals surface area contributed by atoms with Crippen molar-refractivity contribution in [3.8, 4) is 6.07 Å². The van der Waals surface area contributed by atoms with Crippen molar-refractivity contribution in [3.63, 3.8) is 0 Å². The predicted octanol–water partition coefficient (Wildman–Crippen LogP) is 3.27. The molecule has 2 saturated heterocycles. The zero-order valence-electron chi connectivity index (χ0n) is 16.9. The topological polar surface area (TPSA) is 67.6 Å². The molecule has 0 aromatic heterocycles. The van der Waals surface area contributed by atoms with Crippen LogP contribution in [0.2, 0.25) is 0 Å². The highest BCUT2D eigenvalue weighted by atomic mass is 19.4. The fourth-order valence-electron chi connectivity index (χ4n) is 4.52. The monoisotopic (exact) mass is 409 g/mol. The Morgan fingerprint density at radius 1 is 1.31 bits per heavy atom. The van der Waals surface area contributed by atoms with E-state index in [2.05, 4.69) is 0 Å². The van der Waals surface area contributed by atoms with Crippen molar-refractivity contribution in [2.24, 2.45) is 16.7 Å². The summed E-state index contributed by atoms with van der Waals surface area (Å²) < 4.78 is 40.0. The van der Waals surface area contributed by atoms with E-state index in [0.717, 1.165) is 6.07 Å². The first kappa shape index (κ1) is 21.4. The van der Waals surface area contributed by atoms with E-state index in [4.69, 9.17) is 5.26 Å². The molecular weight excluding hydrogens is 383 g/mol. The number of likely N-dealkylation sites (tertiary alicyclic amines) is 1. The van der Waals surface area contributed by atoms with Crippen LogP contribution in [-0.4, -0.2) is 48.7 Å². The van der Waals surface area contributed by atoms with Crippen molar-refractivity contribution in [2.45, 2.75) is 33.4 Å². The lowest BCUT2D eigenvalue weighted by molar-refractivity contribution is -0.144. The summed E-state index contributed by atoms with van der Waals surface area (Å²) in [6, 6.07) is 5.33. The molecule has 5 nitrogen and oxygen atoms in total. The first-order valence-electron chi connectivity index (χ1n) is 9.68.